The van der Waals surface area contributed by atoms with E-state index >= 15 is 0 Å². The molecule has 0 aliphatic rings. The van der Waals surface area contributed by atoms with Crippen LogP contribution in [0.4, 0.5) is 0 Å². The second-order valence-electron chi connectivity index (χ2n) is 6.64. The van der Waals surface area contributed by atoms with Gasteiger partial charge in [0.05, 0.1) is 5.69 Å². The van der Waals surface area contributed by atoms with Crippen LogP contribution in [0.15, 0.2) is 39.8 Å². The number of rotatable bonds is 8. The third-order valence-electron chi connectivity index (χ3n) is 4.23. The second-order valence-corrected chi connectivity index (χ2v) is 7.08. The van der Waals surface area contributed by atoms with E-state index in [1.807, 2.05) is 30.7 Å². The first-order valence-electron chi connectivity index (χ1n) is 9.67. The van der Waals surface area contributed by atoms with Crippen molar-refractivity contribution in [3.63, 3.8) is 0 Å². The average molecular weight is 416 g/mol. The molecular weight excluding hydrogens is 390 g/mol. The lowest BCUT2D eigenvalue weighted by Crippen LogP contribution is -2.38. The number of guanidine groups is 1. The van der Waals surface area contributed by atoms with Crippen molar-refractivity contribution < 1.29 is 4.52 Å². The average Bonchev–Trinajstić information content (AvgIpc) is 3.30. The predicted octanol–water partition coefficient (Wildman–Crippen LogP) is 3.35. The molecule has 0 unspecified atom stereocenters. The predicted molar refractivity (Wildman–Crippen MR) is 114 cm³/mol. The molecule has 0 saturated heterocycles. The molecule has 3 rings (SSSR count). The van der Waals surface area contributed by atoms with Gasteiger partial charge in [-0.05, 0) is 57.5 Å². The Morgan fingerprint density at radius 2 is 2.00 bits per heavy atom. The Bertz CT molecular complexity index is 946. The number of aromatic nitrogens is 4. The van der Waals surface area contributed by atoms with E-state index in [9.17, 15) is 0 Å². The smallest absolute Gasteiger partial charge is 0.248 e. The lowest BCUT2D eigenvalue weighted by Gasteiger charge is -2.11. The van der Waals surface area contributed by atoms with E-state index in [1.54, 1.807) is 12.1 Å². The van der Waals surface area contributed by atoms with Crippen molar-refractivity contribution in [2.24, 2.45) is 4.99 Å². The summed E-state index contributed by atoms with van der Waals surface area (Å²) in [6, 6.07) is 9.39. The molecule has 0 spiro atoms. The fourth-order valence-electron chi connectivity index (χ4n) is 2.86. The summed E-state index contributed by atoms with van der Waals surface area (Å²) in [4.78, 5) is 8.92. The Morgan fingerprint density at radius 3 is 2.69 bits per heavy atom. The molecule has 154 valence electrons. The molecule has 0 bridgehead atoms. The largest absolute Gasteiger partial charge is 0.357 e. The summed E-state index contributed by atoms with van der Waals surface area (Å²) in [5.41, 5.74) is 3.07. The molecule has 2 heterocycles. The fourth-order valence-corrected chi connectivity index (χ4v) is 2.99. The van der Waals surface area contributed by atoms with Crippen molar-refractivity contribution in [3.05, 3.63) is 52.6 Å². The number of hydrogen-bond donors (Lipinski definition) is 2. The number of aliphatic imine (C=N–C) groups is 1. The Kier molecular flexibility index (Phi) is 7.24. The molecule has 1 aromatic carbocycles. The van der Waals surface area contributed by atoms with Gasteiger partial charge in [-0.2, -0.15) is 10.1 Å². The summed E-state index contributed by atoms with van der Waals surface area (Å²) in [5.74, 6) is 1.69. The Morgan fingerprint density at radius 1 is 1.21 bits per heavy atom. The van der Waals surface area contributed by atoms with Crippen LogP contribution in [0.2, 0.25) is 5.02 Å². The van der Waals surface area contributed by atoms with Crippen molar-refractivity contribution in [1.82, 2.24) is 30.6 Å². The molecule has 0 aliphatic heterocycles. The third-order valence-corrected chi connectivity index (χ3v) is 4.48. The van der Waals surface area contributed by atoms with E-state index in [2.05, 4.69) is 43.9 Å². The molecule has 0 saturated carbocycles. The molecule has 3 aromatic rings. The van der Waals surface area contributed by atoms with Crippen LogP contribution in [0.1, 0.15) is 30.6 Å². The van der Waals surface area contributed by atoms with Gasteiger partial charge in [-0.25, -0.2) is 4.99 Å². The van der Waals surface area contributed by atoms with Gasteiger partial charge in [0.2, 0.25) is 11.7 Å². The number of hydrogen-bond acceptors (Lipinski definition) is 5. The quantitative estimate of drug-likeness (QED) is 0.333. The number of aryl methyl sites for hydroxylation is 3. The standard InChI is InChI=1S/C20H26ClN7O/c1-4-22-20(23-10-5-11-28-15(3)12-14(2)26-28)24-13-18-25-19(27-29-18)16-6-8-17(21)9-7-16/h6-9,12H,4-5,10-11,13H2,1-3H3,(H2,22,23,24). The zero-order valence-corrected chi connectivity index (χ0v) is 17.7. The van der Waals surface area contributed by atoms with Gasteiger partial charge < -0.3 is 15.2 Å². The number of nitrogens with one attached hydrogen (secondary N) is 2. The molecule has 0 aliphatic carbocycles. The first-order chi connectivity index (χ1) is 14.0. The Hall–Kier alpha value is -2.87. The van der Waals surface area contributed by atoms with Gasteiger partial charge in [0.15, 0.2) is 5.96 Å². The van der Waals surface area contributed by atoms with Crippen molar-refractivity contribution >= 4 is 17.6 Å². The maximum Gasteiger partial charge on any atom is 0.248 e. The van der Waals surface area contributed by atoms with E-state index in [-0.39, 0.29) is 0 Å². The van der Waals surface area contributed by atoms with Gasteiger partial charge in [0.1, 0.15) is 6.54 Å². The van der Waals surface area contributed by atoms with Crippen LogP contribution in [-0.4, -0.2) is 39.0 Å². The van der Waals surface area contributed by atoms with E-state index in [0.717, 1.165) is 37.3 Å². The molecule has 0 amide bonds. The molecule has 9 heteroatoms. The summed E-state index contributed by atoms with van der Waals surface area (Å²) in [7, 11) is 0. The number of nitrogens with zero attached hydrogens (tertiary/aromatic N) is 5. The fraction of sp³-hybridized carbons (Fsp3) is 0.400. The first kappa shape index (κ1) is 20.9. The number of benzene rings is 1. The Labute approximate surface area is 175 Å². The first-order valence-corrected chi connectivity index (χ1v) is 10.0. The normalized spacial score (nSPS) is 11.7. The molecule has 0 radical (unpaired) electrons. The van der Waals surface area contributed by atoms with Crippen molar-refractivity contribution in [3.8, 4) is 11.4 Å². The molecule has 2 aromatic heterocycles. The SMILES string of the molecule is CCNC(=NCc1nc(-c2ccc(Cl)cc2)no1)NCCCn1nc(C)cc1C. The maximum absolute atomic E-state index is 5.91. The zero-order valence-electron chi connectivity index (χ0n) is 16.9. The second kappa shape index (κ2) is 10.1. The highest BCUT2D eigenvalue weighted by Gasteiger charge is 2.09. The Balaban J connectivity index is 1.52. The minimum Gasteiger partial charge on any atom is -0.357 e. The van der Waals surface area contributed by atoms with Crippen molar-refractivity contribution in [2.45, 2.75) is 40.3 Å². The van der Waals surface area contributed by atoms with Crippen molar-refractivity contribution in [1.29, 1.82) is 0 Å². The topological polar surface area (TPSA) is 93.2 Å². The molecule has 29 heavy (non-hydrogen) atoms. The van der Waals surface area contributed by atoms with Crippen LogP contribution in [0.25, 0.3) is 11.4 Å². The lowest BCUT2D eigenvalue weighted by atomic mass is 10.2. The highest BCUT2D eigenvalue weighted by Crippen LogP contribution is 2.18. The number of halogens is 1. The van der Waals surface area contributed by atoms with Gasteiger partial charge >= 0.3 is 0 Å². The van der Waals surface area contributed by atoms with Crippen LogP contribution in [0.3, 0.4) is 0 Å². The van der Waals surface area contributed by atoms with Crippen LogP contribution in [0.5, 0.6) is 0 Å². The molecule has 0 fully saturated rings. The van der Waals surface area contributed by atoms with E-state index in [4.69, 9.17) is 16.1 Å². The van der Waals surface area contributed by atoms with Gasteiger partial charge in [0, 0.05) is 35.9 Å². The summed E-state index contributed by atoms with van der Waals surface area (Å²) in [5, 5.41) is 15.7. The zero-order chi connectivity index (χ0) is 20.6. The van der Waals surface area contributed by atoms with E-state index in [1.165, 1.54) is 5.69 Å². The van der Waals surface area contributed by atoms with Gasteiger partial charge in [-0.1, -0.05) is 16.8 Å². The highest BCUT2D eigenvalue weighted by molar-refractivity contribution is 6.30. The third kappa shape index (κ3) is 6.05. The lowest BCUT2D eigenvalue weighted by molar-refractivity contribution is 0.380. The van der Waals surface area contributed by atoms with Crippen LogP contribution >= 0.6 is 11.6 Å². The molecular formula is C20H26ClN7O. The van der Waals surface area contributed by atoms with Crippen LogP contribution in [0, 0.1) is 13.8 Å². The van der Waals surface area contributed by atoms with E-state index in [0.29, 0.717) is 29.2 Å². The van der Waals surface area contributed by atoms with Gasteiger partial charge in [-0.15, -0.1) is 0 Å². The van der Waals surface area contributed by atoms with Gasteiger partial charge in [0.25, 0.3) is 0 Å². The van der Waals surface area contributed by atoms with Crippen LogP contribution in [-0.2, 0) is 13.1 Å². The van der Waals surface area contributed by atoms with Crippen LogP contribution < -0.4 is 10.6 Å². The highest BCUT2D eigenvalue weighted by atomic mass is 35.5. The molecule has 8 nitrogen and oxygen atoms in total. The minimum absolute atomic E-state index is 0.299. The summed E-state index contributed by atoms with van der Waals surface area (Å²) in [6.45, 7) is 8.81. The van der Waals surface area contributed by atoms with Crippen molar-refractivity contribution in [2.75, 3.05) is 13.1 Å². The van der Waals surface area contributed by atoms with E-state index < -0.39 is 0 Å². The summed E-state index contributed by atoms with van der Waals surface area (Å²) in [6.07, 6.45) is 0.938. The maximum atomic E-state index is 5.91. The summed E-state index contributed by atoms with van der Waals surface area (Å²) < 4.78 is 7.33. The monoisotopic (exact) mass is 415 g/mol. The van der Waals surface area contributed by atoms with Gasteiger partial charge in [-0.3, -0.25) is 4.68 Å². The molecule has 2 N–H and O–H groups in total. The molecule has 0 atom stereocenters. The minimum atomic E-state index is 0.299. The summed E-state index contributed by atoms with van der Waals surface area (Å²) >= 11 is 5.91.